The lowest BCUT2D eigenvalue weighted by Crippen LogP contribution is -2.38. The number of aliphatic hydroxyl groups is 1. The molecule has 1 heterocycles. The monoisotopic (exact) mass is 299 g/mol. The zero-order chi connectivity index (χ0) is 15.4. The lowest BCUT2D eigenvalue weighted by atomic mass is 9.86. The van der Waals surface area contributed by atoms with Crippen LogP contribution in [0.1, 0.15) is 36.0 Å². The van der Waals surface area contributed by atoms with Gasteiger partial charge in [0.15, 0.2) is 0 Å². The van der Waals surface area contributed by atoms with E-state index < -0.39 is 0 Å². The Labute approximate surface area is 130 Å². The third kappa shape index (κ3) is 3.36. The third-order valence-electron chi connectivity index (χ3n) is 4.35. The van der Waals surface area contributed by atoms with Gasteiger partial charge in [0.2, 0.25) is 0 Å². The number of benzene rings is 1. The number of hydrogen-bond donors (Lipinski definition) is 2. The summed E-state index contributed by atoms with van der Waals surface area (Å²) < 4.78 is 1.88. The minimum absolute atomic E-state index is 0.0330. The van der Waals surface area contributed by atoms with Crippen LogP contribution in [0.15, 0.2) is 43.0 Å². The number of nitrogens with zero attached hydrogens (tertiary/aromatic N) is 2. The highest BCUT2D eigenvalue weighted by Gasteiger charge is 2.22. The molecule has 1 fully saturated rings. The van der Waals surface area contributed by atoms with Crippen molar-refractivity contribution in [3.8, 4) is 5.69 Å². The maximum atomic E-state index is 12.4. The first-order chi connectivity index (χ1) is 10.8. The Hall–Kier alpha value is -2.14. The van der Waals surface area contributed by atoms with E-state index in [1.54, 1.807) is 12.5 Å². The van der Waals surface area contributed by atoms with Crippen LogP contribution in [0, 0.1) is 5.92 Å². The number of carbonyl (C=O) groups is 1. The average Bonchev–Trinajstić information content (AvgIpc) is 3.10. The highest BCUT2D eigenvalue weighted by Crippen LogP contribution is 2.24. The molecule has 0 aliphatic heterocycles. The Balaban J connectivity index is 1.64. The number of rotatable bonds is 4. The van der Waals surface area contributed by atoms with E-state index in [1.165, 1.54) is 0 Å². The van der Waals surface area contributed by atoms with Gasteiger partial charge < -0.3 is 15.0 Å². The fraction of sp³-hybridized carbons (Fsp3) is 0.412. The molecule has 0 unspecified atom stereocenters. The van der Waals surface area contributed by atoms with Gasteiger partial charge in [-0.25, -0.2) is 4.98 Å². The van der Waals surface area contributed by atoms with E-state index in [1.807, 2.05) is 35.0 Å². The number of nitrogens with one attached hydrogen (secondary N) is 1. The van der Waals surface area contributed by atoms with E-state index in [0.717, 1.165) is 31.4 Å². The molecule has 2 N–H and O–H groups in total. The maximum absolute atomic E-state index is 12.4. The highest BCUT2D eigenvalue weighted by atomic mass is 16.3. The molecule has 1 saturated carbocycles. The zero-order valence-corrected chi connectivity index (χ0v) is 12.5. The molecule has 0 atom stereocenters. The Morgan fingerprint density at radius 1 is 1.32 bits per heavy atom. The van der Waals surface area contributed by atoms with E-state index in [0.29, 0.717) is 11.5 Å². The molecule has 1 aromatic carbocycles. The SMILES string of the molecule is O=C(N[C@H]1CC[C@@H](CO)CC1)c1cccc(-n2ccnc2)c1. The van der Waals surface area contributed by atoms with Gasteiger partial charge in [0, 0.05) is 36.3 Å². The number of aromatic nitrogens is 2. The Morgan fingerprint density at radius 3 is 2.82 bits per heavy atom. The largest absolute Gasteiger partial charge is 0.396 e. The predicted octanol–water partition coefficient (Wildman–Crippen LogP) is 2.15. The van der Waals surface area contributed by atoms with Crippen molar-refractivity contribution in [2.24, 2.45) is 5.92 Å². The van der Waals surface area contributed by atoms with Gasteiger partial charge in [0.1, 0.15) is 0 Å². The van der Waals surface area contributed by atoms with Crippen molar-refractivity contribution < 1.29 is 9.90 Å². The van der Waals surface area contributed by atoms with E-state index in [4.69, 9.17) is 5.11 Å². The van der Waals surface area contributed by atoms with Crippen molar-refractivity contribution in [2.75, 3.05) is 6.61 Å². The number of amides is 1. The second-order valence-electron chi connectivity index (χ2n) is 5.89. The number of aliphatic hydroxyl groups excluding tert-OH is 1. The summed E-state index contributed by atoms with van der Waals surface area (Å²) in [5.41, 5.74) is 1.59. The first-order valence-electron chi connectivity index (χ1n) is 7.76. The molecule has 0 bridgehead atoms. The Bertz CT molecular complexity index is 617. The van der Waals surface area contributed by atoms with Crippen molar-refractivity contribution in [2.45, 2.75) is 31.7 Å². The molecule has 0 radical (unpaired) electrons. The highest BCUT2D eigenvalue weighted by molar-refractivity contribution is 5.94. The summed E-state index contributed by atoms with van der Waals surface area (Å²) in [5, 5.41) is 12.3. The van der Waals surface area contributed by atoms with Gasteiger partial charge in [-0.15, -0.1) is 0 Å². The predicted molar refractivity (Wildman–Crippen MR) is 83.9 cm³/mol. The van der Waals surface area contributed by atoms with Crippen molar-refractivity contribution in [3.63, 3.8) is 0 Å². The number of carbonyl (C=O) groups excluding carboxylic acids is 1. The molecule has 116 valence electrons. The topological polar surface area (TPSA) is 67.2 Å². The van der Waals surface area contributed by atoms with Crippen LogP contribution in [-0.4, -0.2) is 33.2 Å². The van der Waals surface area contributed by atoms with Gasteiger partial charge in [-0.1, -0.05) is 6.07 Å². The average molecular weight is 299 g/mol. The van der Waals surface area contributed by atoms with Crippen LogP contribution in [-0.2, 0) is 0 Å². The van der Waals surface area contributed by atoms with Crippen molar-refractivity contribution >= 4 is 5.91 Å². The third-order valence-corrected chi connectivity index (χ3v) is 4.35. The van der Waals surface area contributed by atoms with Crippen LogP contribution < -0.4 is 5.32 Å². The second-order valence-corrected chi connectivity index (χ2v) is 5.89. The van der Waals surface area contributed by atoms with Gasteiger partial charge in [-0.05, 0) is 49.8 Å². The summed E-state index contributed by atoms with van der Waals surface area (Å²) >= 11 is 0. The molecule has 5 heteroatoms. The summed E-state index contributed by atoms with van der Waals surface area (Å²) in [6.45, 7) is 0.258. The van der Waals surface area contributed by atoms with Crippen molar-refractivity contribution in [3.05, 3.63) is 48.5 Å². The fourth-order valence-corrected chi connectivity index (χ4v) is 2.98. The molecular formula is C17H21N3O2. The van der Waals surface area contributed by atoms with Crippen LogP contribution in [0.3, 0.4) is 0 Å². The van der Waals surface area contributed by atoms with Gasteiger partial charge in [-0.3, -0.25) is 4.79 Å². The molecule has 1 aliphatic carbocycles. The smallest absolute Gasteiger partial charge is 0.251 e. The standard InChI is InChI=1S/C17H21N3O2/c21-11-13-4-6-15(7-5-13)19-17(22)14-2-1-3-16(10-14)20-9-8-18-12-20/h1-3,8-10,12-13,15,21H,4-7,11H2,(H,19,22)/t13-,15+. The van der Waals surface area contributed by atoms with Crippen LogP contribution in [0.5, 0.6) is 0 Å². The molecule has 2 aromatic rings. The lowest BCUT2D eigenvalue weighted by molar-refractivity contribution is 0.0914. The summed E-state index contributed by atoms with van der Waals surface area (Å²) in [5.74, 6) is 0.368. The first kappa shape index (κ1) is 14.8. The molecule has 0 spiro atoms. The van der Waals surface area contributed by atoms with E-state index in [-0.39, 0.29) is 18.6 Å². The van der Waals surface area contributed by atoms with Gasteiger partial charge in [-0.2, -0.15) is 0 Å². The molecular weight excluding hydrogens is 278 g/mol. The number of imidazole rings is 1. The molecule has 5 nitrogen and oxygen atoms in total. The van der Waals surface area contributed by atoms with Crippen LogP contribution in [0.2, 0.25) is 0 Å². The summed E-state index contributed by atoms with van der Waals surface area (Å²) in [4.78, 5) is 16.4. The van der Waals surface area contributed by atoms with E-state index in [2.05, 4.69) is 10.3 Å². The van der Waals surface area contributed by atoms with E-state index in [9.17, 15) is 4.79 Å². The summed E-state index contributed by atoms with van der Waals surface area (Å²) in [7, 11) is 0. The molecule has 1 aromatic heterocycles. The quantitative estimate of drug-likeness (QED) is 0.909. The van der Waals surface area contributed by atoms with Crippen LogP contribution in [0.25, 0.3) is 5.69 Å². The zero-order valence-electron chi connectivity index (χ0n) is 12.5. The lowest BCUT2D eigenvalue weighted by Gasteiger charge is -2.28. The maximum Gasteiger partial charge on any atom is 0.251 e. The second kappa shape index (κ2) is 6.75. The molecule has 0 saturated heterocycles. The Morgan fingerprint density at radius 2 is 2.14 bits per heavy atom. The Kier molecular flexibility index (Phi) is 4.53. The molecule has 1 amide bonds. The molecule has 3 rings (SSSR count). The van der Waals surface area contributed by atoms with E-state index >= 15 is 0 Å². The normalized spacial score (nSPS) is 21.5. The van der Waals surface area contributed by atoms with Crippen molar-refractivity contribution in [1.29, 1.82) is 0 Å². The van der Waals surface area contributed by atoms with Gasteiger partial charge in [0.05, 0.1) is 6.33 Å². The first-order valence-corrected chi connectivity index (χ1v) is 7.76. The molecule has 22 heavy (non-hydrogen) atoms. The summed E-state index contributed by atoms with van der Waals surface area (Å²) in [6, 6.07) is 7.75. The van der Waals surface area contributed by atoms with Gasteiger partial charge >= 0.3 is 0 Å². The summed E-state index contributed by atoms with van der Waals surface area (Å²) in [6.07, 6.45) is 9.14. The van der Waals surface area contributed by atoms with Crippen LogP contribution in [0.4, 0.5) is 0 Å². The minimum Gasteiger partial charge on any atom is -0.396 e. The van der Waals surface area contributed by atoms with Crippen molar-refractivity contribution in [1.82, 2.24) is 14.9 Å². The van der Waals surface area contributed by atoms with Crippen LogP contribution >= 0.6 is 0 Å². The molecule has 1 aliphatic rings. The number of hydrogen-bond acceptors (Lipinski definition) is 3. The fourth-order valence-electron chi connectivity index (χ4n) is 2.98. The van der Waals surface area contributed by atoms with Gasteiger partial charge in [0.25, 0.3) is 5.91 Å². The minimum atomic E-state index is -0.0330.